The molecule has 1 N–H and O–H groups in total. The van der Waals surface area contributed by atoms with Gasteiger partial charge < -0.3 is 10.1 Å². The van der Waals surface area contributed by atoms with E-state index in [1.54, 1.807) is 30.8 Å². The Morgan fingerprint density at radius 2 is 2.10 bits per heavy atom. The third-order valence-electron chi connectivity index (χ3n) is 3.21. The molecule has 5 heteroatoms. The molecule has 0 fully saturated rings. The predicted octanol–water partition coefficient (Wildman–Crippen LogP) is 3.24. The molecule has 4 nitrogen and oxygen atoms in total. The van der Waals surface area contributed by atoms with E-state index in [0.29, 0.717) is 12.6 Å². The van der Waals surface area contributed by atoms with Gasteiger partial charge >= 0.3 is 0 Å². The predicted molar refractivity (Wildman–Crippen MR) is 82.7 cm³/mol. The van der Waals surface area contributed by atoms with E-state index in [1.807, 2.05) is 12.1 Å². The number of nitrogens with zero attached hydrogens (tertiary/aromatic N) is 2. The third kappa shape index (κ3) is 3.85. The van der Waals surface area contributed by atoms with Crippen molar-refractivity contribution in [3.8, 4) is 10.6 Å². The van der Waals surface area contributed by atoms with Gasteiger partial charge in [-0.05, 0) is 25.5 Å². The van der Waals surface area contributed by atoms with Gasteiger partial charge in [0.25, 0.3) is 0 Å². The fraction of sp³-hybridized carbons (Fsp3) is 0.467. The lowest BCUT2D eigenvalue weighted by Crippen LogP contribution is -2.24. The topological polar surface area (TPSA) is 47.0 Å². The average molecular weight is 291 g/mol. The van der Waals surface area contributed by atoms with Gasteiger partial charge in [-0.3, -0.25) is 4.98 Å². The van der Waals surface area contributed by atoms with Crippen molar-refractivity contribution < 1.29 is 4.74 Å². The highest BCUT2D eigenvalue weighted by atomic mass is 32.1. The first-order valence-corrected chi connectivity index (χ1v) is 7.67. The number of ether oxygens (including phenoxy) is 1. The lowest BCUT2D eigenvalue weighted by molar-refractivity contribution is 0.181. The lowest BCUT2D eigenvalue weighted by Gasteiger charge is -2.10. The monoisotopic (exact) mass is 291 g/mol. The summed E-state index contributed by atoms with van der Waals surface area (Å²) in [5, 5.41) is 4.54. The number of thiazole rings is 1. The van der Waals surface area contributed by atoms with E-state index in [4.69, 9.17) is 9.72 Å². The first kappa shape index (κ1) is 15.1. The molecule has 0 aliphatic rings. The fourth-order valence-corrected chi connectivity index (χ4v) is 2.82. The van der Waals surface area contributed by atoms with Gasteiger partial charge in [0, 0.05) is 42.5 Å². The van der Waals surface area contributed by atoms with Gasteiger partial charge in [0.05, 0.1) is 12.3 Å². The Morgan fingerprint density at radius 1 is 1.35 bits per heavy atom. The second-order valence-corrected chi connectivity index (χ2v) is 5.83. The summed E-state index contributed by atoms with van der Waals surface area (Å²) in [7, 11) is 1.71. The Kier molecular flexibility index (Phi) is 5.64. The van der Waals surface area contributed by atoms with E-state index < -0.39 is 0 Å². The molecular formula is C15H21N3OS. The molecule has 0 bridgehead atoms. The van der Waals surface area contributed by atoms with E-state index in [-0.39, 0.29) is 0 Å². The molecule has 1 atom stereocenters. The van der Waals surface area contributed by atoms with Crippen LogP contribution in [0.25, 0.3) is 10.6 Å². The van der Waals surface area contributed by atoms with Crippen LogP contribution in [0, 0.1) is 0 Å². The second-order valence-electron chi connectivity index (χ2n) is 4.75. The van der Waals surface area contributed by atoms with Gasteiger partial charge in [0.15, 0.2) is 0 Å². The summed E-state index contributed by atoms with van der Waals surface area (Å²) >= 11 is 1.72. The molecule has 0 spiro atoms. The Hall–Kier alpha value is -1.30. The summed E-state index contributed by atoms with van der Waals surface area (Å²) < 4.78 is 5.25. The maximum Gasteiger partial charge on any atom is 0.124 e. The van der Waals surface area contributed by atoms with Crippen molar-refractivity contribution in [1.82, 2.24) is 15.3 Å². The Balaban J connectivity index is 2.19. The van der Waals surface area contributed by atoms with Crippen LogP contribution in [0.4, 0.5) is 0 Å². The lowest BCUT2D eigenvalue weighted by atomic mass is 10.2. The van der Waals surface area contributed by atoms with E-state index in [9.17, 15) is 0 Å². The Morgan fingerprint density at radius 3 is 2.75 bits per heavy atom. The Bertz CT molecular complexity index is 527. The highest BCUT2D eigenvalue weighted by Crippen LogP contribution is 2.28. The zero-order valence-corrected chi connectivity index (χ0v) is 13.0. The number of aromatic nitrogens is 2. The Labute approximate surface area is 124 Å². The van der Waals surface area contributed by atoms with Gasteiger partial charge in [0.1, 0.15) is 5.01 Å². The standard InChI is InChI=1S/C15H21N3OS/c1-4-11(2)17-9-14-13(10-19-3)18-15(20-14)12-5-7-16-8-6-12/h5-8,11,17H,4,9-10H2,1-3H3. The van der Waals surface area contributed by atoms with Crippen LogP contribution in [0.3, 0.4) is 0 Å². The number of methoxy groups -OCH3 is 1. The number of rotatable bonds is 7. The first-order chi connectivity index (χ1) is 9.74. The van der Waals surface area contributed by atoms with E-state index in [2.05, 4.69) is 24.1 Å². The minimum Gasteiger partial charge on any atom is -0.378 e. The number of hydrogen-bond acceptors (Lipinski definition) is 5. The molecule has 2 heterocycles. The van der Waals surface area contributed by atoms with Crippen LogP contribution in [0.5, 0.6) is 0 Å². The van der Waals surface area contributed by atoms with Crippen LogP contribution in [-0.2, 0) is 17.9 Å². The molecule has 0 aromatic carbocycles. The van der Waals surface area contributed by atoms with Crippen molar-refractivity contribution in [2.24, 2.45) is 0 Å². The van der Waals surface area contributed by atoms with Crippen molar-refractivity contribution in [1.29, 1.82) is 0 Å². The fourth-order valence-electron chi connectivity index (χ4n) is 1.80. The average Bonchev–Trinajstić information content (AvgIpc) is 2.89. The smallest absolute Gasteiger partial charge is 0.124 e. The largest absolute Gasteiger partial charge is 0.378 e. The molecule has 20 heavy (non-hydrogen) atoms. The van der Waals surface area contributed by atoms with Crippen molar-refractivity contribution >= 4 is 11.3 Å². The summed E-state index contributed by atoms with van der Waals surface area (Å²) in [6, 6.07) is 4.49. The molecule has 2 rings (SSSR count). The zero-order valence-electron chi connectivity index (χ0n) is 12.2. The van der Waals surface area contributed by atoms with Gasteiger partial charge in [-0.1, -0.05) is 6.92 Å². The highest BCUT2D eigenvalue weighted by Gasteiger charge is 2.13. The summed E-state index contributed by atoms with van der Waals surface area (Å²) in [5.74, 6) is 0. The SMILES string of the molecule is CCC(C)NCc1sc(-c2ccncc2)nc1COC. The molecule has 0 amide bonds. The molecule has 2 aromatic heterocycles. The van der Waals surface area contributed by atoms with Crippen molar-refractivity contribution in [3.05, 3.63) is 35.1 Å². The van der Waals surface area contributed by atoms with E-state index >= 15 is 0 Å². The maximum atomic E-state index is 5.25. The van der Waals surface area contributed by atoms with E-state index in [0.717, 1.165) is 29.2 Å². The molecule has 0 aliphatic heterocycles. The van der Waals surface area contributed by atoms with Crippen LogP contribution in [0.2, 0.25) is 0 Å². The molecular weight excluding hydrogens is 270 g/mol. The summed E-state index contributed by atoms with van der Waals surface area (Å²) in [6.07, 6.45) is 4.71. The van der Waals surface area contributed by atoms with E-state index in [1.165, 1.54) is 4.88 Å². The normalized spacial score (nSPS) is 12.6. The van der Waals surface area contributed by atoms with Gasteiger partial charge in [-0.25, -0.2) is 4.98 Å². The first-order valence-electron chi connectivity index (χ1n) is 6.85. The summed E-state index contributed by atoms with van der Waals surface area (Å²) in [4.78, 5) is 10.00. The maximum absolute atomic E-state index is 5.25. The third-order valence-corrected chi connectivity index (χ3v) is 4.36. The minimum absolute atomic E-state index is 0.511. The summed E-state index contributed by atoms with van der Waals surface area (Å²) in [5.41, 5.74) is 2.14. The highest BCUT2D eigenvalue weighted by molar-refractivity contribution is 7.15. The molecule has 1 unspecified atom stereocenters. The molecule has 0 aliphatic carbocycles. The molecule has 0 saturated heterocycles. The van der Waals surface area contributed by atoms with Gasteiger partial charge in [-0.2, -0.15) is 0 Å². The van der Waals surface area contributed by atoms with Crippen molar-refractivity contribution in [2.45, 2.75) is 39.5 Å². The number of nitrogens with one attached hydrogen (secondary N) is 1. The minimum atomic E-state index is 0.511. The van der Waals surface area contributed by atoms with Crippen molar-refractivity contribution in [3.63, 3.8) is 0 Å². The number of pyridine rings is 1. The van der Waals surface area contributed by atoms with Crippen LogP contribution < -0.4 is 5.32 Å². The molecule has 108 valence electrons. The molecule has 2 aromatic rings. The van der Waals surface area contributed by atoms with Crippen LogP contribution in [-0.4, -0.2) is 23.1 Å². The van der Waals surface area contributed by atoms with Gasteiger partial charge in [0.2, 0.25) is 0 Å². The van der Waals surface area contributed by atoms with Crippen LogP contribution in [0.15, 0.2) is 24.5 Å². The van der Waals surface area contributed by atoms with Gasteiger partial charge in [-0.15, -0.1) is 11.3 Å². The van der Waals surface area contributed by atoms with Crippen LogP contribution >= 0.6 is 11.3 Å². The quantitative estimate of drug-likeness (QED) is 0.850. The van der Waals surface area contributed by atoms with Crippen molar-refractivity contribution in [2.75, 3.05) is 7.11 Å². The summed E-state index contributed by atoms with van der Waals surface area (Å²) in [6.45, 7) is 5.78. The second kappa shape index (κ2) is 7.47. The zero-order chi connectivity index (χ0) is 14.4. The van der Waals surface area contributed by atoms with Crippen LogP contribution in [0.1, 0.15) is 30.8 Å². The number of hydrogen-bond donors (Lipinski definition) is 1. The molecule has 0 saturated carbocycles. The molecule has 0 radical (unpaired) electrons.